The third-order valence-corrected chi connectivity index (χ3v) is 6.68. The van der Waals surface area contributed by atoms with E-state index in [-0.39, 0.29) is 5.82 Å². The molecule has 0 unspecified atom stereocenters. The van der Waals surface area contributed by atoms with Gasteiger partial charge in [0, 0.05) is 5.54 Å². The molecule has 0 heterocycles. The van der Waals surface area contributed by atoms with E-state index in [4.69, 9.17) is 11.6 Å². The summed E-state index contributed by atoms with van der Waals surface area (Å²) < 4.78 is 13.1. The molecule has 0 aromatic heterocycles. The molecule has 1 aromatic carbocycles. The highest BCUT2D eigenvalue weighted by Gasteiger charge is 2.31. The first-order valence-corrected chi connectivity index (χ1v) is 10.2. The number of halogens is 2. The average Bonchev–Trinajstić information content (AvgIpc) is 2.63. The van der Waals surface area contributed by atoms with Crippen LogP contribution in [0.5, 0.6) is 0 Å². The predicted molar refractivity (Wildman–Crippen MR) is 101 cm³/mol. The number of hydrogen-bond acceptors (Lipinski definition) is 0. The highest BCUT2D eigenvalue weighted by molar-refractivity contribution is 6.25. The van der Waals surface area contributed by atoms with Crippen LogP contribution >= 0.6 is 11.6 Å². The predicted octanol–water partition coefficient (Wildman–Crippen LogP) is 7.44. The molecule has 2 heteroatoms. The first-order chi connectivity index (χ1) is 11.8. The molecule has 0 radical (unpaired) electrons. The van der Waals surface area contributed by atoms with E-state index in [1.807, 2.05) is 12.1 Å². The Morgan fingerprint density at radius 1 is 0.875 bits per heavy atom. The molecular formula is C22H30ClF. The molecule has 0 spiro atoms. The van der Waals surface area contributed by atoms with Crippen LogP contribution in [0.1, 0.15) is 75.7 Å². The molecule has 2 aliphatic carbocycles. The minimum Gasteiger partial charge on any atom is -0.207 e. The summed E-state index contributed by atoms with van der Waals surface area (Å²) >= 11 is 5.61. The van der Waals surface area contributed by atoms with E-state index < -0.39 is 0 Å². The lowest BCUT2D eigenvalue weighted by Crippen LogP contribution is -2.25. The zero-order valence-corrected chi connectivity index (χ0v) is 15.4. The van der Waals surface area contributed by atoms with Crippen molar-refractivity contribution < 1.29 is 4.39 Å². The van der Waals surface area contributed by atoms with Crippen LogP contribution in [0.4, 0.5) is 4.39 Å². The minimum absolute atomic E-state index is 0.120. The van der Waals surface area contributed by atoms with Crippen LogP contribution in [0.3, 0.4) is 0 Å². The summed E-state index contributed by atoms with van der Waals surface area (Å²) in [6.45, 7) is 0. The zero-order valence-electron chi connectivity index (χ0n) is 14.6. The van der Waals surface area contributed by atoms with E-state index >= 15 is 0 Å². The van der Waals surface area contributed by atoms with Gasteiger partial charge in [-0.1, -0.05) is 42.7 Å². The van der Waals surface area contributed by atoms with Gasteiger partial charge in [0.2, 0.25) is 0 Å². The fourth-order valence-electron chi connectivity index (χ4n) is 5.00. The quantitative estimate of drug-likeness (QED) is 0.518. The first-order valence-electron chi connectivity index (χ1n) is 9.77. The SMILES string of the molecule is Fc1ccc(C2CCC(C3CCC(CC/C=C/Cl)CC3)CC2)cc1. The van der Waals surface area contributed by atoms with Crippen molar-refractivity contribution in [2.75, 3.05) is 0 Å². The van der Waals surface area contributed by atoms with Crippen molar-refractivity contribution in [2.45, 2.75) is 70.1 Å². The van der Waals surface area contributed by atoms with Crippen LogP contribution in [-0.2, 0) is 0 Å². The number of rotatable bonds is 5. The van der Waals surface area contributed by atoms with Crippen LogP contribution in [-0.4, -0.2) is 0 Å². The molecule has 0 N–H and O–H groups in total. The molecule has 3 rings (SSSR count). The van der Waals surface area contributed by atoms with Gasteiger partial charge in [0.05, 0.1) is 0 Å². The van der Waals surface area contributed by atoms with Crippen LogP contribution in [0.2, 0.25) is 0 Å². The van der Waals surface area contributed by atoms with Crippen molar-refractivity contribution in [3.63, 3.8) is 0 Å². The van der Waals surface area contributed by atoms with E-state index in [1.165, 1.54) is 63.4 Å². The normalized spacial score (nSPS) is 31.4. The summed E-state index contributed by atoms with van der Waals surface area (Å²) in [5.41, 5.74) is 3.00. The molecule has 0 atom stereocenters. The third-order valence-electron chi connectivity index (χ3n) is 6.50. The van der Waals surface area contributed by atoms with Crippen LogP contribution < -0.4 is 0 Å². The number of hydrogen-bond donors (Lipinski definition) is 0. The molecule has 0 bridgehead atoms. The van der Waals surface area contributed by atoms with Crippen molar-refractivity contribution in [1.82, 2.24) is 0 Å². The second kappa shape index (κ2) is 9.04. The van der Waals surface area contributed by atoms with E-state index in [0.717, 1.165) is 24.2 Å². The minimum atomic E-state index is -0.120. The molecule has 2 saturated carbocycles. The largest absolute Gasteiger partial charge is 0.207 e. The summed E-state index contributed by atoms with van der Waals surface area (Å²) in [5, 5.41) is 0. The van der Waals surface area contributed by atoms with E-state index in [9.17, 15) is 4.39 Å². The topological polar surface area (TPSA) is 0 Å². The van der Waals surface area contributed by atoms with Gasteiger partial charge in [-0.3, -0.25) is 0 Å². The lowest BCUT2D eigenvalue weighted by atomic mass is 9.68. The van der Waals surface area contributed by atoms with E-state index in [1.54, 1.807) is 17.7 Å². The van der Waals surface area contributed by atoms with E-state index in [0.29, 0.717) is 5.92 Å². The second-order valence-corrected chi connectivity index (χ2v) is 8.14. The van der Waals surface area contributed by atoms with Gasteiger partial charge in [0.25, 0.3) is 0 Å². The maximum absolute atomic E-state index is 13.1. The highest BCUT2D eigenvalue weighted by atomic mass is 35.5. The lowest BCUT2D eigenvalue weighted by molar-refractivity contribution is 0.157. The molecule has 0 saturated heterocycles. The molecule has 0 aliphatic heterocycles. The molecule has 2 fully saturated rings. The molecule has 132 valence electrons. The second-order valence-electron chi connectivity index (χ2n) is 7.88. The molecular weight excluding hydrogens is 319 g/mol. The Morgan fingerprint density at radius 2 is 1.46 bits per heavy atom. The van der Waals surface area contributed by atoms with Crippen molar-refractivity contribution in [1.29, 1.82) is 0 Å². The van der Waals surface area contributed by atoms with Crippen LogP contribution in [0.25, 0.3) is 0 Å². The Hall–Kier alpha value is -0.820. The maximum atomic E-state index is 13.1. The van der Waals surface area contributed by atoms with Gasteiger partial charge in [0.15, 0.2) is 0 Å². The van der Waals surface area contributed by atoms with Crippen molar-refractivity contribution in [3.8, 4) is 0 Å². The molecule has 1 aromatic rings. The molecule has 0 amide bonds. The van der Waals surface area contributed by atoms with Gasteiger partial charge in [-0.05, 0) is 92.7 Å². The summed E-state index contributed by atoms with van der Waals surface area (Å²) in [7, 11) is 0. The van der Waals surface area contributed by atoms with Crippen molar-refractivity contribution in [2.24, 2.45) is 17.8 Å². The Labute approximate surface area is 151 Å². The standard InChI is InChI=1S/C22H30ClF/c23-16-2-1-3-17-4-6-18(7-5-17)19-8-10-20(11-9-19)21-12-14-22(24)15-13-21/h2,12-20H,1,3-11H2/b16-2+. The Balaban J connectivity index is 1.42. The summed E-state index contributed by atoms with van der Waals surface area (Å²) in [4.78, 5) is 0. The zero-order chi connectivity index (χ0) is 16.8. The summed E-state index contributed by atoms with van der Waals surface area (Å²) in [5.74, 6) is 3.35. The monoisotopic (exact) mass is 348 g/mol. The van der Waals surface area contributed by atoms with Crippen molar-refractivity contribution in [3.05, 3.63) is 47.3 Å². The molecule has 2 aliphatic rings. The van der Waals surface area contributed by atoms with Gasteiger partial charge >= 0.3 is 0 Å². The summed E-state index contributed by atoms with van der Waals surface area (Å²) in [6.07, 6.45) is 15.5. The van der Waals surface area contributed by atoms with Gasteiger partial charge in [0.1, 0.15) is 5.82 Å². The van der Waals surface area contributed by atoms with Gasteiger partial charge in [-0.15, -0.1) is 0 Å². The van der Waals surface area contributed by atoms with Crippen molar-refractivity contribution >= 4 is 11.6 Å². The molecule has 24 heavy (non-hydrogen) atoms. The number of allylic oxidation sites excluding steroid dienone is 1. The fourth-order valence-corrected chi connectivity index (χ4v) is 5.13. The molecule has 0 nitrogen and oxygen atoms in total. The Kier molecular flexibility index (Phi) is 6.77. The average molecular weight is 349 g/mol. The third kappa shape index (κ3) is 4.85. The van der Waals surface area contributed by atoms with Gasteiger partial charge < -0.3 is 0 Å². The Morgan fingerprint density at radius 3 is 2.04 bits per heavy atom. The Bertz CT molecular complexity index is 505. The van der Waals surface area contributed by atoms with E-state index in [2.05, 4.69) is 6.08 Å². The van der Waals surface area contributed by atoms with Crippen LogP contribution in [0.15, 0.2) is 35.9 Å². The number of benzene rings is 1. The maximum Gasteiger partial charge on any atom is 0.123 e. The lowest BCUT2D eigenvalue weighted by Gasteiger charge is -2.38. The first kappa shape index (κ1) is 18.0. The smallest absolute Gasteiger partial charge is 0.123 e. The fraction of sp³-hybridized carbons (Fsp3) is 0.636. The van der Waals surface area contributed by atoms with Gasteiger partial charge in [-0.2, -0.15) is 0 Å². The van der Waals surface area contributed by atoms with Crippen LogP contribution in [0, 0.1) is 23.6 Å². The highest BCUT2D eigenvalue weighted by Crippen LogP contribution is 2.44. The van der Waals surface area contributed by atoms with Gasteiger partial charge in [-0.25, -0.2) is 4.39 Å². The summed E-state index contributed by atoms with van der Waals surface area (Å²) in [6, 6.07) is 7.20.